The Labute approximate surface area is 314 Å². The van der Waals surface area contributed by atoms with E-state index in [0.29, 0.717) is 24.7 Å². The standard InChI is InChI=1S/C41H66O12/c1-36(2)14-16-41(35(49)53-33-31(47)28(44)23(43)20-50-33)17-15-39(6)21(22(41)18-36)8-9-26-38(5)12-11-27(37(3,4)25(38)10-13-40(26,39)7)52-34-32(48)30(46)29(45)24(19-42)51-34/h8,22-34,42-48H,9-20H2,1-7H3/t22?,23-,24+,25?,26?,27-,28-,29+,30-,31+,32+,33-,34-,38-,39+,40+,41-/m0/s1. The maximum Gasteiger partial charge on any atom is 0.315 e. The SMILES string of the molecule is CC1(C)CC[C@]2(C(=O)O[C@@H]3OC[C@H](O)[C@H](O)[C@H]3O)CC[C@]3(C)C(=CCC4[C@@]5(C)CC[C@H](O[C@@H]6O[C@H](CO)[C@@H](O)[C@H](O)[C@H]6O)C(C)(C)C5CC[C@]43C)C2C1. The molecule has 17 atom stereocenters. The van der Waals surface area contributed by atoms with Crippen LogP contribution in [0.4, 0.5) is 0 Å². The van der Waals surface area contributed by atoms with E-state index in [9.17, 15) is 40.5 Å². The molecule has 2 aliphatic heterocycles. The zero-order valence-corrected chi connectivity index (χ0v) is 32.7. The summed E-state index contributed by atoms with van der Waals surface area (Å²) in [7, 11) is 0. The summed E-state index contributed by atoms with van der Waals surface area (Å²) in [6.07, 6.45) is -1.43. The molecule has 0 amide bonds. The quantitative estimate of drug-likeness (QED) is 0.124. The highest BCUT2D eigenvalue weighted by molar-refractivity contribution is 5.79. The van der Waals surface area contributed by atoms with Gasteiger partial charge in [-0.1, -0.05) is 60.1 Å². The zero-order chi connectivity index (χ0) is 38.7. The van der Waals surface area contributed by atoms with Crippen LogP contribution >= 0.6 is 0 Å². The number of carbonyl (C=O) groups is 1. The molecule has 302 valence electrons. The minimum Gasteiger partial charge on any atom is -0.432 e. The molecule has 7 rings (SSSR count). The molecular formula is C41H66O12. The Morgan fingerprint density at radius 1 is 0.792 bits per heavy atom. The third-order valence-corrected chi connectivity index (χ3v) is 16.8. The second-order valence-corrected chi connectivity index (χ2v) is 20.2. The fourth-order valence-electron chi connectivity index (χ4n) is 13.3. The number of hydrogen-bond acceptors (Lipinski definition) is 12. The molecule has 2 heterocycles. The lowest BCUT2D eigenvalue weighted by atomic mass is 9.33. The molecule has 7 aliphatic rings. The van der Waals surface area contributed by atoms with Crippen molar-refractivity contribution in [3.63, 3.8) is 0 Å². The number of esters is 1. The number of rotatable bonds is 5. The van der Waals surface area contributed by atoms with Crippen molar-refractivity contribution in [2.24, 2.45) is 50.2 Å². The van der Waals surface area contributed by atoms with Crippen molar-refractivity contribution in [1.29, 1.82) is 0 Å². The molecule has 0 aromatic carbocycles. The number of hydrogen-bond donors (Lipinski definition) is 7. The van der Waals surface area contributed by atoms with Gasteiger partial charge in [0.2, 0.25) is 6.29 Å². The Hall–Kier alpha value is -1.19. The summed E-state index contributed by atoms with van der Waals surface area (Å²) in [4.78, 5) is 14.4. The maximum absolute atomic E-state index is 14.4. The van der Waals surface area contributed by atoms with Gasteiger partial charge in [0.1, 0.15) is 42.7 Å². The molecule has 0 bridgehead atoms. The largest absolute Gasteiger partial charge is 0.432 e. The van der Waals surface area contributed by atoms with Gasteiger partial charge in [0.25, 0.3) is 0 Å². The first-order valence-corrected chi connectivity index (χ1v) is 20.2. The summed E-state index contributed by atoms with van der Waals surface area (Å²) < 4.78 is 23.8. The Morgan fingerprint density at radius 2 is 1.47 bits per heavy atom. The van der Waals surface area contributed by atoms with Gasteiger partial charge in [-0.15, -0.1) is 0 Å². The van der Waals surface area contributed by atoms with E-state index in [2.05, 4.69) is 54.5 Å². The van der Waals surface area contributed by atoms with Crippen LogP contribution in [0.3, 0.4) is 0 Å². The van der Waals surface area contributed by atoms with E-state index in [1.165, 1.54) is 5.57 Å². The van der Waals surface area contributed by atoms with Crippen molar-refractivity contribution in [2.45, 2.75) is 174 Å². The number of allylic oxidation sites excluding steroid dienone is 2. The number of fused-ring (bicyclic) bond motifs is 7. The summed E-state index contributed by atoms with van der Waals surface area (Å²) in [6, 6.07) is 0. The molecule has 5 aliphatic carbocycles. The second kappa shape index (κ2) is 13.5. The lowest BCUT2D eigenvalue weighted by molar-refractivity contribution is -0.330. The lowest BCUT2D eigenvalue weighted by Crippen LogP contribution is -2.66. The molecule has 3 unspecified atom stereocenters. The second-order valence-electron chi connectivity index (χ2n) is 20.2. The van der Waals surface area contributed by atoms with Crippen LogP contribution in [0.2, 0.25) is 0 Å². The third-order valence-electron chi connectivity index (χ3n) is 16.8. The Kier molecular flexibility index (Phi) is 10.2. The molecule has 53 heavy (non-hydrogen) atoms. The topological polar surface area (TPSA) is 196 Å². The van der Waals surface area contributed by atoms with Crippen molar-refractivity contribution in [3.8, 4) is 0 Å². The molecule has 0 aromatic rings. The smallest absolute Gasteiger partial charge is 0.315 e. The summed E-state index contributed by atoms with van der Waals surface area (Å²) >= 11 is 0. The summed E-state index contributed by atoms with van der Waals surface area (Å²) in [5.74, 6) is 0.272. The van der Waals surface area contributed by atoms with E-state index < -0.39 is 67.3 Å². The Bertz CT molecular complexity index is 1430. The first-order valence-electron chi connectivity index (χ1n) is 20.2. The van der Waals surface area contributed by atoms with Crippen LogP contribution in [-0.2, 0) is 23.7 Å². The number of aliphatic hydroxyl groups is 7. The summed E-state index contributed by atoms with van der Waals surface area (Å²) in [6.45, 7) is 15.7. The fourth-order valence-corrected chi connectivity index (χ4v) is 13.3. The molecule has 12 heteroatoms. The van der Waals surface area contributed by atoms with E-state index in [1.807, 2.05) is 0 Å². The Morgan fingerprint density at radius 3 is 2.17 bits per heavy atom. The van der Waals surface area contributed by atoms with Crippen molar-refractivity contribution >= 4 is 5.97 Å². The number of aliphatic hydroxyl groups excluding tert-OH is 7. The zero-order valence-electron chi connectivity index (χ0n) is 32.7. The lowest BCUT2D eigenvalue weighted by Gasteiger charge is -2.71. The van der Waals surface area contributed by atoms with Crippen molar-refractivity contribution in [3.05, 3.63) is 11.6 Å². The predicted molar refractivity (Wildman–Crippen MR) is 192 cm³/mol. The van der Waals surface area contributed by atoms with Gasteiger partial charge in [0.05, 0.1) is 24.7 Å². The Balaban J connectivity index is 1.16. The van der Waals surface area contributed by atoms with Crippen LogP contribution in [0.5, 0.6) is 0 Å². The molecule has 4 saturated carbocycles. The van der Waals surface area contributed by atoms with Gasteiger partial charge in [-0.2, -0.15) is 0 Å². The van der Waals surface area contributed by atoms with Gasteiger partial charge >= 0.3 is 5.97 Å². The van der Waals surface area contributed by atoms with Crippen LogP contribution in [0, 0.1) is 50.2 Å². The van der Waals surface area contributed by atoms with Crippen LogP contribution in [0.1, 0.15) is 113 Å². The van der Waals surface area contributed by atoms with Crippen LogP contribution in [0.15, 0.2) is 11.6 Å². The maximum atomic E-state index is 14.4. The highest BCUT2D eigenvalue weighted by atomic mass is 16.7. The predicted octanol–water partition coefficient (Wildman–Crippen LogP) is 2.96. The van der Waals surface area contributed by atoms with Crippen LogP contribution in [0.25, 0.3) is 0 Å². The average Bonchev–Trinajstić information content (AvgIpc) is 3.09. The highest BCUT2D eigenvalue weighted by Crippen LogP contribution is 2.76. The average molecular weight is 751 g/mol. The van der Waals surface area contributed by atoms with Gasteiger partial charge < -0.3 is 54.7 Å². The van der Waals surface area contributed by atoms with E-state index in [-0.39, 0.29) is 51.7 Å². The minimum absolute atomic E-state index is 0.0179. The van der Waals surface area contributed by atoms with Gasteiger partial charge in [0, 0.05) is 0 Å². The monoisotopic (exact) mass is 750 g/mol. The normalized spacial score (nSPS) is 53.2. The minimum atomic E-state index is -1.53. The fraction of sp³-hybridized carbons (Fsp3) is 0.927. The molecule has 7 N–H and O–H groups in total. The number of carbonyl (C=O) groups excluding carboxylic acids is 1. The van der Waals surface area contributed by atoms with Gasteiger partial charge in [-0.3, -0.25) is 4.79 Å². The highest BCUT2D eigenvalue weighted by Gasteiger charge is 2.70. The first-order chi connectivity index (χ1) is 24.7. The molecule has 0 spiro atoms. The summed E-state index contributed by atoms with van der Waals surface area (Å²) in [5.41, 5.74) is 0.123. The van der Waals surface area contributed by atoms with E-state index >= 15 is 0 Å². The third kappa shape index (κ3) is 5.94. The van der Waals surface area contributed by atoms with Gasteiger partial charge in [-0.05, 0) is 109 Å². The molecule has 2 saturated heterocycles. The summed E-state index contributed by atoms with van der Waals surface area (Å²) in [5, 5.41) is 72.3. The van der Waals surface area contributed by atoms with Gasteiger partial charge in [0.15, 0.2) is 6.29 Å². The van der Waals surface area contributed by atoms with E-state index in [1.54, 1.807) is 0 Å². The van der Waals surface area contributed by atoms with Gasteiger partial charge in [-0.25, -0.2) is 0 Å². The van der Waals surface area contributed by atoms with E-state index in [4.69, 9.17) is 18.9 Å². The van der Waals surface area contributed by atoms with Crippen molar-refractivity contribution in [2.75, 3.05) is 13.2 Å². The molecule has 12 nitrogen and oxygen atoms in total. The van der Waals surface area contributed by atoms with E-state index in [0.717, 1.165) is 51.4 Å². The van der Waals surface area contributed by atoms with Crippen LogP contribution in [-0.4, -0.2) is 116 Å². The van der Waals surface area contributed by atoms with Crippen molar-refractivity contribution in [1.82, 2.24) is 0 Å². The van der Waals surface area contributed by atoms with Crippen LogP contribution < -0.4 is 0 Å². The molecule has 0 aromatic heterocycles. The number of ether oxygens (including phenoxy) is 4. The molecule has 0 radical (unpaired) electrons. The molecular weight excluding hydrogens is 684 g/mol. The first kappa shape index (κ1) is 40.0. The molecule has 6 fully saturated rings. The van der Waals surface area contributed by atoms with Crippen molar-refractivity contribution < 1.29 is 59.5 Å².